The molecule has 0 aromatic heterocycles. The first-order valence-electron chi connectivity index (χ1n) is 6.88. The molecule has 0 saturated carbocycles. The van der Waals surface area contributed by atoms with Crippen molar-refractivity contribution in [2.75, 3.05) is 13.1 Å². The maximum absolute atomic E-state index is 13.2. The Morgan fingerprint density at radius 3 is 2.90 bits per heavy atom. The van der Waals surface area contributed by atoms with Gasteiger partial charge in [-0.1, -0.05) is 29.8 Å². The smallest absolute Gasteiger partial charge is 0.228 e. The minimum absolute atomic E-state index is 0.0497. The topological polar surface area (TPSA) is 41.1 Å². The summed E-state index contributed by atoms with van der Waals surface area (Å²) in [6.45, 7) is 6.07. The molecule has 0 bridgehead atoms. The number of rotatable bonds is 4. The number of nitrogens with one attached hydrogen (secondary N) is 2. The minimum Gasteiger partial charge on any atom is -0.351 e. The number of hydrogen-bond donors (Lipinski definition) is 2. The second-order valence-corrected chi connectivity index (χ2v) is 6.51. The highest BCUT2D eigenvalue weighted by molar-refractivity contribution is 9.10. The average molecular weight is 343 g/mol. The number of carbonyl (C=O) groups excluding carboxylic acids is 1. The van der Waals surface area contributed by atoms with Gasteiger partial charge >= 0.3 is 0 Å². The van der Waals surface area contributed by atoms with Gasteiger partial charge in [-0.2, -0.15) is 0 Å². The second-order valence-electron chi connectivity index (χ2n) is 5.66. The monoisotopic (exact) mass is 342 g/mol. The van der Waals surface area contributed by atoms with Gasteiger partial charge in [-0.05, 0) is 42.6 Å². The fourth-order valence-electron chi connectivity index (χ4n) is 2.69. The molecule has 20 heavy (non-hydrogen) atoms. The van der Waals surface area contributed by atoms with E-state index in [0.717, 1.165) is 23.0 Å². The van der Waals surface area contributed by atoms with Gasteiger partial charge in [-0.25, -0.2) is 4.39 Å². The van der Waals surface area contributed by atoms with Crippen LogP contribution in [0.2, 0.25) is 0 Å². The van der Waals surface area contributed by atoms with E-state index in [-0.39, 0.29) is 23.1 Å². The summed E-state index contributed by atoms with van der Waals surface area (Å²) in [5.41, 5.74) is 0.406. The van der Waals surface area contributed by atoms with Crippen molar-refractivity contribution in [1.82, 2.24) is 10.6 Å². The van der Waals surface area contributed by atoms with Crippen molar-refractivity contribution in [2.45, 2.75) is 26.8 Å². The molecular weight excluding hydrogens is 323 g/mol. The fourth-order valence-corrected chi connectivity index (χ4v) is 3.08. The maximum Gasteiger partial charge on any atom is 0.228 e. The Kier molecular flexibility index (Phi) is 4.81. The zero-order valence-corrected chi connectivity index (χ0v) is 13.4. The van der Waals surface area contributed by atoms with E-state index in [1.807, 2.05) is 0 Å². The van der Waals surface area contributed by atoms with Crippen molar-refractivity contribution in [1.29, 1.82) is 0 Å². The summed E-state index contributed by atoms with van der Waals surface area (Å²) in [7, 11) is 0. The lowest BCUT2D eigenvalue weighted by atomic mass is 9.75. The van der Waals surface area contributed by atoms with E-state index in [1.54, 1.807) is 6.07 Å². The standard InChI is InChI=1S/C15H20BrFN2O/c1-10(2)15(5-6-18-9-15)14(20)19-8-11-7-12(17)3-4-13(11)16/h3-4,7,10,18H,5-6,8-9H2,1-2H3,(H,19,20). The van der Waals surface area contributed by atoms with Gasteiger partial charge in [-0.3, -0.25) is 4.79 Å². The normalized spacial score (nSPS) is 22.2. The molecule has 1 aliphatic rings. The quantitative estimate of drug-likeness (QED) is 0.883. The predicted molar refractivity (Wildman–Crippen MR) is 80.7 cm³/mol. The summed E-state index contributed by atoms with van der Waals surface area (Å²) in [5.74, 6) is 0.0284. The molecular formula is C15H20BrFN2O. The highest BCUT2D eigenvalue weighted by Crippen LogP contribution is 2.34. The van der Waals surface area contributed by atoms with Gasteiger partial charge in [0, 0.05) is 17.6 Å². The molecule has 0 radical (unpaired) electrons. The lowest BCUT2D eigenvalue weighted by Gasteiger charge is -2.31. The highest BCUT2D eigenvalue weighted by Gasteiger charge is 2.43. The molecule has 2 N–H and O–H groups in total. The van der Waals surface area contributed by atoms with Gasteiger partial charge in [0.25, 0.3) is 0 Å². The van der Waals surface area contributed by atoms with Crippen LogP contribution in [0, 0.1) is 17.2 Å². The third-order valence-electron chi connectivity index (χ3n) is 4.19. The molecule has 2 rings (SSSR count). The van der Waals surface area contributed by atoms with E-state index in [2.05, 4.69) is 40.4 Å². The van der Waals surface area contributed by atoms with Crippen LogP contribution in [-0.4, -0.2) is 19.0 Å². The third-order valence-corrected chi connectivity index (χ3v) is 4.97. The molecule has 1 aliphatic heterocycles. The van der Waals surface area contributed by atoms with Crippen LogP contribution in [0.25, 0.3) is 0 Å². The van der Waals surface area contributed by atoms with E-state index in [0.29, 0.717) is 13.1 Å². The molecule has 1 aromatic carbocycles. The van der Waals surface area contributed by atoms with E-state index in [4.69, 9.17) is 0 Å². The Bertz CT molecular complexity index is 499. The lowest BCUT2D eigenvalue weighted by molar-refractivity contribution is -0.132. The molecule has 1 unspecified atom stereocenters. The number of halogens is 2. The summed E-state index contributed by atoms with van der Waals surface area (Å²) in [6, 6.07) is 4.50. The van der Waals surface area contributed by atoms with Crippen LogP contribution in [0.3, 0.4) is 0 Å². The Hall–Kier alpha value is -0.940. The zero-order valence-electron chi connectivity index (χ0n) is 11.8. The summed E-state index contributed by atoms with van der Waals surface area (Å²) in [6.07, 6.45) is 0.848. The largest absolute Gasteiger partial charge is 0.351 e. The van der Waals surface area contributed by atoms with Gasteiger partial charge in [0.15, 0.2) is 0 Å². The van der Waals surface area contributed by atoms with Gasteiger partial charge in [0.05, 0.1) is 5.41 Å². The second kappa shape index (κ2) is 6.22. The minimum atomic E-state index is -0.347. The lowest BCUT2D eigenvalue weighted by Crippen LogP contribution is -2.45. The molecule has 110 valence electrons. The first-order chi connectivity index (χ1) is 9.45. The van der Waals surface area contributed by atoms with Crippen LogP contribution in [0.15, 0.2) is 22.7 Å². The van der Waals surface area contributed by atoms with Gasteiger partial charge < -0.3 is 10.6 Å². The van der Waals surface area contributed by atoms with Crippen molar-refractivity contribution < 1.29 is 9.18 Å². The Balaban J connectivity index is 2.06. The summed E-state index contributed by atoms with van der Waals surface area (Å²) in [5, 5.41) is 6.22. The number of hydrogen-bond acceptors (Lipinski definition) is 2. The van der Waals surface area contributed by atoms with Crippen molar-refractivity contribution in [3.63, 3.8) is 0 Å². The average Bonchev–Trinajstić information content (AvgIpc) is 2.90. The number of amides is 1. The summed E-state index contributed by atoms with van der Waals surface area (Å²) >= 11 is 3.38. The molecule has 1 heterocycles. The molecule has 5 heteroatoms. The first kappa shape index (κ1) is 15.4. The van der Waals surface area contributed by atoms with E-state index >= 15 is 0 Å². The first-order valence-corrected chi connectivity index (χ1v) is 7.68. The van der Waals surface area contributed by atoms with Gasteiger partial charge in [0.2, 0.25) is 5.91 Å². The van der Waals surface area contributed by atoms with Gasteiger partial charge in [-0.15, -0.1) is 0 Å². The molecule has 1 amide bonds. The van der Waals surface area contributed by atoms with E-state index < -0.39 is 0 Å². The number of carbonyl (C=O) groups is 1. The van der Waals surface area contributed by atoms with E-state index in [9.17, 15) is 9.18 Å². The molecule has 0 aliphatic carbocycles. The van der Waals surface area contributed by atoms with Crippen LogP contribution >= 0.6 is 15.9 Å². The van der Waals surface area contributed by atoms with Crippen molar-refractivity contribution >= 4 is 21.8 Å². The van der Waals surface area contributed by atoms with Crippen molar-refractivity contribution in [3.8, 4) is 0 Å². The number of benzene rings is 1. The van der Waals surface area contributed by atoms with Crippen molar-refractivity contribution in [2.24, 2.45) is 11.3 Å². The van der Waals surface area contributed by atoms with Crippen molar-refractivity contribution in [3.05, 3.63) is 34.1 Å². The molecule has 1 saturated heterocycles. The van der Waals surface area contributed by atoms with Crippen LogP contribution in [-0.2, 0) is 11.3 Å². The Morgan fingerprint density at radius 2 is 2.30 bits per heavy atom. The van der Waals surface area contributed by atoms with Crippen LogP contribution in [0.4, 0.5) is 4.39 Å². The highest BCUT2D eigenvalue weighted by atomic mass is 79.9. The fraction of sp³-hybridized carbons (Fsp3) is 0.533. The van der Waals surface area contributed by atoms with Crippen LogP contribution < -0.4 is 10.6 Å². The maximum atomic E-state index is 13.2. The summed E-state index contributed by atoms with van der Waals surface area (Å²) in [4.78, 5) is 12.5. The third kappa shape index (κ3) is 3.04. The molecule has 0 spiro atoms. The van der Waals surface area contributed by atoms with Crippen LogP contribution in [0.1, 0.15) is 25.8 Å². The molecule has 1 atom stereocenters. The Labute approximate surface area is 127 Å². The molecule has 1 aromatic rings. The predicted octanol–water partition coefficient (Wildman–Crippen LogP) is 2.84. The van der Waals surface area contributed by atoms with E-state index in [1.165, 1.54) is 12.1 Å². The zero-order chi connectivity index (χ0) is 14.8. The molecule has 3 nitrogen and oxygen atoms in total. The van der Waals surface area contributed by atoms with Gasteiger partial charge in [0.1, 0.15) is 5.82 Å². The molecule has 1 fully saturated rings. The van der Waals surface area contributed by atoms with Crippen LogP contribution in [0.5, 0.6) is 0 Å². The Morgan fingerprint density at radius 1 is 1.55 bits per heavy atom. The summed E-state index contributed by atoms with van der Waals surface area (Å²) < 4.78 is 14.0. The SMILES string of the molecule is CC(C)C1(C(=O)NCc2cc(F)ccc2Br)CCNC1.